The summed E-state index contributed by atoms with van der Waals surface area (Å²) in [5.41, 5.74) is 1.06. The summed E-state index contributed by atoms with van der Waals surface area (Å²) in [6.07, 6.45) is 0. The summed E-state index contributed by atoms with van der Waals surface area (Å²) in [7, 11) is 0. The third-order valence-electron chi connectivity index (χ3n) is 3.61. The van der Waals surface area contributed by atoms with Gasteiger partial charge in [-0.3, -0.25) is 4.79 Å². The Balaban J connectivity index is 1.88. The first-order valence-corrected chi connectivity index (χ1v) is 8.10. The summed E-state index contributed by atoms with van der Waals surface area (Å²) in [5, 5.41) is 2.92. The highest BCUT2D eigenvalue weighted by Crippen LogP contribution is 2.32. The molecule has 0 aromatic heterocycles. The van der Waals surface area contributed by atoms with Crippen LogP contribution in [0.3, 0.4) is 0 Å². The number of carbonyl (C=O) groups excluding carboxylic acids is 1. The van der Waals surface area contributed by atoms with Crippen LogP contribution in [0.5, 0.6) is 11.5 Å². The highest BCUT2D eigenvalue weighted by Gasteiger charge is 2.15. The standard InChI is InChI=1S/C20H14ClF2NO2/c1-12-2-6-15(7-3-12)26-19-9-4-13(21)10-18(19)24-20(25)16-8-5-14(22)11-17(16)23/h2-11H,1H3,(H,24,25). The maximum Gasteiger partial charge on any atom is 0.258 e. The Morgan fingerprint density at radius 1 is 1.00 bits per heavy atom. The van der Waals surface area contributed by atoms with Crippen molar-refractivity contribution in [2.45, 2.75) is 6.92 Å². The lowest BCUT2D eigenvalue weighted by atomic mass is 10.2. The van der Waals surface area contributed by atoms with Gasteiger partial charge in [0.1, 0.15) is 17.4 Å². The number of halogens is 3. The highest BCUT2D eigenvalue weighted by atomic mass is 35.5. The first-order chi connectivity index (χ1) is 12.4. The molecule has 0 radical (unpaired) electrons. The molecule has 0 aliphatic heterocycles. The predicted octanol–water partition coefficient (Wildman–Crippen LogP) is 5.97. The monoisotopic (exact) mass is 373 g/mol. The average Bonchev–Trinajstić information content (AvgIpc) is 2.59. The normalized spacial score (nSPS) is 10.5. The number of hydrogen-bond acceptors (Lipinski definition) is 2. The smallest absolute Gasteiger partial charge is 0.258 e. The number of aryl methyl sites for hydroxylation is 1. The number of ether oxygens (including phenoxy) is 1. The van der Waals surface area contributed by atoms with Gasteiger partial charge in [0, 0.05) is 11.1 Å². The van der Waals surface area contributed by atoms with E-state index in [2.05, 4.69) is 5.32 Å². The summed E-state index contributed by atoms with van der Waals surface area (Å²) in [6.45, 7) is 1.95. The van der Waals surface area contributed by atoms with Crippen LogP contribution in [0.4, 0.5) is 14.5 Å². The van der Waals surface area contributed by atoms with Crippen molar-refractivity contribution in [3.8, 4) is 11.5 Å². The van der Waals surface area contributed by atoms with Gasteiger partial charge in [0.25, 0.3) is 5.91 Å². The van der Waals surface area contributed by atoms with E-state index in [4.69, 9.17) is 16.3 Å². The van der Waals surface area contributed by atoms with E-state index in [-0.39, 0.29) is 11.3 Å². The first kappa shape index (κ1) is 17.9. The molecular weight excluding hydrogens is 360 g/mol. The quantitative estimate of drug-likeness (QED) is 0.611. The van der Waals surface area contributed by atoms with Crippen LogP contribution in [0.25, 0.3) is 0 Å². The number of anilines is 1. The van der Waals surface area contributed by atoms with Gasteiger partial charge in [0.05, 0.1) is 11.3 Å². The molecule has 0 heterocycles. The molecule has 0 bridgehead atoms. The molecule has 3 aromatic carbocycles. The Kier molecular flexibility index (Phi) is 5.19. The van der Waals surface area contributed by atoms with E-state index in [0.29, 0.717) is 22.6 Å². The highest BCUT2D eigenvalue weighted by molar-refractivity contribution is 6.31. The second kappa shape index (κ2) is 7.54. The van der Waals surface area contributed by atoms with E-state index in [1.165, 1.54) is 6.07 Å². The van der Waals surface area contributed by atoms with Crippen molar-refractivity contribution in [3.05, 3.63) is 88.4 Å². The third kappa shape index (κ3) is 4.18. The number of nitrogens with one attached hydrogen (secondary N) is 1. The molecule has 6 heteroatoms. The molecule has 132 valence electrons. The van der Waals surface area contributed by atoms with Crippen molar-refractivity contribution in [2.75, 3.05) is 5.32 Å². The van der Waals surface area contributed by atoms with E-state index in [0.717, 1.165) is 17.7 Å². The van der Waals surface area contributed by atoms with Gasteiger partial charge in [0.15, 0.2) is 5.75 Å². The van der Waals surface area contributed by atoms with Crippen LogP contribution in [-0.4, -0.2) is 5.91 Å². The van der Waals surface area contributed by atoms with Crippen molar-refractivity contribution < 1.29 is 18.3 Å². The second-order valence-electron chi connectivity index (χ2n) is 5.63. The van der Waals surface area contributed by atoms with Crippen LogP contribution >= 0.6 is 11.6 Å². The Hall–Kier alpha value is -2.92. The van der Waals surface area contributed by atoms with Crippen LogP contribution < -0.4 is 10.1 Å². The van der Waals surface area contributed by atoms with Gasteiger partial charge in [-0.05, 0) is 49.4 Å². The van der Waals surface area contributed by atoms with Gasteiger partial charge < -0.3 is 10.1 Å². The lowest BCUT2D eigenvalue weighted by molar-refractivity contribution is 0.102. The van der Waals surface area contributed by atoms with Gasteiger partial charge in [-0.2, -0.15) is 0 Å². The van der Waals surface area contributed by atoms with Crippen molar-refractivity contribution in [2.24, 2.45) is 0 Å². The lowest BCUT2D eigenvalue weighted by Crippen LogP contribution is -2.14. The molecule has 0 saturated carbocycles. The first-order valence-electron chi connectivity index (χ1n) is 7.73. The summed E-state index contributed by atoms with van der Waals surface area (Å²) >= 11 is 5.99. The summed E-state index contributed by atoms with van der Waals surface area (Å²) in [5.74, 6) is -1.54. The minimum Gasteiger partial charge on any atom is -0.455 e. The minimum atomic E-state index is -0.953. The summed E-state index contributed by atoms with van der Waals surface area (Å²) in [4.78, 5) is 12.3. The van der Waals surface area contributed by atoms with E-state index in [9.17, 15) is 13.6 Å². The van der Waals surface area contributed by atoms with Gasteiger partial charge in [0.2, 0.25) is 0 Å². The Morgan fingerprint density at radius 2 is 1.73 bits per heavy atom. The zero-order valence-electron chi connectivity index (χ0n) is 13.7. The van der Waals surface area contributed by atoms with Gasteiger partial charge in [-0.1, -0.05) is 29.3 Å². The minimum absolute atomic E-state index is 0.270. The average molecular weight is 374 g/mol. The fraction of sp³-hybridized carbons (Fsp3) is 0.0500. The largest absolute Gasteiger partial charge is 0.455 e. The number of rotatable bonds is 4. The maximum absolute atomic E-state index is 13.8. The van der Waals surface area contributed by atoms with Gasteiger partial charge in [-0.15, -0.1) is 0 Å². The van der Waals surface area contributed by atoms with Crippen LogP contribution in [0.1, 0.15) is 15.9 Å². The molecule has 0 spiro atoms. The van der Waals surface area contributed by atoms with Gasteiger partial charge >= 0.3 is 0 Å². The molecule has 1 N–H and O–H groups in total. The summed E-state index contributed by atoms with van der Waals surface area (Å²) in [6, 6.07) is 14.8. The van der Waals surface area contributed by atoms with Crippen LogP contribution in [0.15, 0.2) is 60.7 Å². The van der Waals surface area contributed by atoms with E-state index in [1.807, 2.05) is 19.1 Å². The zero-order chi connectivity index (χ0) is 18.7. The van der Waals surface area contributed by atoms with Gasteiger partial charge in [-0.25, -0.2) is 8.78 Å². The van der Waals surface area contributed by atoms with Crippen molar-refractivity contribution in [1.82, 2.24) is 0 Å². The van der Waals surface area contributed by atoms with E-state index < -0.39 is 17.5 Å². The van der Waals surface area contributed by atoms with Crippen molar-refractivity contribution in [1.29, 1.82) is 0 Å². The molecule has 0 aliphatic rings. The Bertz CT molecular complexity index is 959. The van der Waals surface area contributed by atoms with E-state index >= 15 is 0 Å². The molecule has 3 nitrogen and oxygen atoms in total. The second-order valence-corrected chi connectivity index (χ2v) is 6.07. The zero-order valence-corrected chi connectivity index (χ0v) is 14.5. The molecular formula is C20H14ClF2NO2. The third-order valence-corrected chi connectivity index (χ3v) is 3.85. The number of carbonyl (C=O) groups is 1. The SMILES string of the molecule is Cc1ccc(Oc2ccc(Cl)cc2NC(=O)c2ccc(F)cc2F)cc1. The van der Waals surface area contributed by atoms with Crippen LogP contribution in [0.2, 0.25) is 5.02 Å². The molecule has 0 unspecified atom stereocenters. The Labute approximate surface area is 154 Å². The summed E-state index contributed by atoms with van der Waals surface area (Å²) < 4.78 is 32.6. The lowest BCUT2D eigenvalue weighted by Gasteiger charge is -2.13. The molecule has 1 amide bonds. The van der Waals surface area contributed by atoms with Crippen LogP contribution in [0, 0.1) is 18.6 Å². The van der Waals surface area contributed by atoms with E-state index in [1.54, 1.807) is 24.3 Å². The molecule has 0 saturated heterocycles. The Morgan fingerprint density at radius 3 is 2.42 bits per heavy atom. The number of amides is 1. The van der Waals surface area contributed by atoms with Crippen molar-refractivity contribution in [3.63, 3.8) is 0 Å². The number of hydrogen-bond donors (Lipinski definition) is 1. The molecule has 3 aromatic rings. The predicted molar refractivity (Wildman–Crippen MR) is 97.0 cm³/mol. The van der Waals surface area contributed by atoms with Crippen LogP contribution in [-0.2, 0) is 0 Å². The maximum atomic E-state index is 13.8. The van der Waals surface area contributed by atoms with Crippen molar-refractivity contribution >= 4 is 23.2 Å². The fourth-order valence-electron chi connectivity index (χ4n) is 2.29. The molecule has 0 fully saturated rings. The number of benzene rings is 3. The molecule has 3 rings (SSSR count). The molecule has 0 atom stereocenters. The molecule has 0 aliphatic carbocycles. The topological polar surface area (TPSA) is 38.3 Å². The fourth-order valence-corrected chi connectivity index (χ4v) is 2.46. The molecule has 26 heavy (non-hydrogen) atoms.